The third-order valence-corrected chi connectivity index (χ3v) is 11.6. The maximum absolute atomic E-state index is 6.52. The monoisotopic (exact) mass is 747 g/mol. The van der Waals surface area contributed by atoms with Gasteiger partial charge in [-0.3, -0.25) is 0 Å². The van der Waals surface area contributed by atoms with E-state index in [2.05, 4.69) is 112 Å². The zero-order valence-corrected chi connectivity index (χ0v) is 21.3. The molecule has 0 atom stereocenters. The molecule has 0 fully saturated rings. The Morgan fingerprint density at radius 1 is 0.524 bits per heavy atom. The second kappa shape index (κ2) is 6.32. The zero-order chi connectivity index (χ0) is 15.6. The van der Waals surface area contributed by atoms with Crippen molar-refractivity contribution in [3.63, 3.8) is 0 Å². The quantitative estimate of drug-likeness (QED) is 0.165. The zero-order valence-electron chi connectivity index (χ0n) is 9.43. The lowest BCUT2D eigenvalue weighted by atomic mass is 10.1. The predicted octanol–water partition coefficient (Wildman–Crippen LogP) is 9.58. The van der Waals surface area contributed by atoms with Gasteiger partial charge in [0.2, 0.25) is 0 Å². The fourth-order valence-corrected chi connectivity index (χ4v) is 6.23. The van der Waals surface area contributed by atoms with Crippen molar-refractivity contribution in [2.24, 2.45) is 0 Å². The minimum absolute atomic E-state index is 0.584. The summed E-state index contributed by atoms with van der Waals surface area (Å²) in [4.78, 5) is 0. The summed E-state index contributed by atoms with van der Waals surface area (Å²) in [6.45, 7) is 0. The van der Waals surface area contributed by atoms with E-state index >= 15 is 0 Å². The first kappa shape index (κ1) is 17.7. The summed E-state index contributed by atoms with van der Waals surface area (Å²) >= 11 is 31.3. The molecular weight excluding hydrogens is 755 g/mol. The van der Waals surface area contributed by atoms with Crippen molar-refractivity contribution in [2.45, 2.75) is 0 Å². The molecule has 0 aliphatic rings. The van der Waals surface area contributed by atoms with Crippen molar-refractivity contribution in [2.75, 3.05) is 0 Å². The molecular formula is C12Br7ClO. The Labute approximate surface area is 183 Å². The van der Waals surface area contributed by atoms with E-state index in [1.54, 1.807) is 0 Å². The van der Waals surface area contributed by atoms with Crippen LogP contribution in [0.3, 0.4) is 0 Å². The van der Waals surface area contributed by atoms with Crippen LogP contribution in [-0.2, 0) is 0 Å². The van der Waals surface area contributed by atoms with Crippen LogP contribution < -0.4 is 0 Å². The van der Waals surface area contributed by atoms with Crippen LogP contribution in [0.25, 0.3) is 21.9 Å². The molecule has 0 saturated heterocycles. The number of furan rings is 1. The van der Waals surface area contributed by atoms with Gasteiger partial charge in [0.1, 0.15) is 0 Å². The Morgan fingerprint density at radius 2 is 0.952 bits per heavy atom. The predicted molar refractivity (Wildman–Crippen MR) is 113 cm³/mol. The number of benzene rings is 2. The second-order valence-corrected chi connectivity index (χ2v) is 9.95. The van der Waals surface area contributed by atoms with E-state index in [9.17, 15) is 0 Å². The van der Waals surface area contributed by atoms with Gasteiger partial charge in [0, 0.05) is 14.3 Å². The van der Waals surface area contributed by atoms with Gasteiger partial charge in [0.15, 0.2) is 11.2 Å². The lowest BCUT2D eigenvalue weighted by Crippen LogP contribution is -1.81. The first-order valence-electron chi connectivity index (χ1n) is 5.17. The van der Waals surface area contributed by atoms with E-state index in [1.807, 2.05) is 0 Å². The standard InChI is InChI=1S/C12Br7ClO/c13-3-1-2-10(20)7(17)6(16)9(19)12(2)21-11(1)8(18)5(15)4(3)14. The molecule has 0 radical (unpaired) electrons. The third kappa shape index (κ3) is 2.58. The number of fused-ring (bicyclic) bond motifs is 3. The molecule has 0 amide bonds. The van der Waals surface area contributed by atoms with Crippen LogP contribution in [0, 0.1) is 0 Å². The Hall–Kier alpha value is 1.89. The Balaban J connectivity index is 2.73. The van der Waals surface area contributed by atoms with Crippen molar-refractivity contribution in [1.82, 2.24) is 0 Å². The van der Waals surface area contributed by atoms with Gasteiger partial charge in [-0.25, -0.2) is 0 Å². The maximum Gasteiger partial charge on any atom is 0.152 e. The molecule has 0 N–H and O–H groups in total. The highest BCUT2D eigenvalue weighted by Gasteiger charge is 2.25. The van der Waals surface area contributed by atoms with Gasteiger partial charge in [-0.15, -0.1) is 0 Å². The normalized spacial score (nSPS) is 11.8. The Morgan fingerprint density at radius 3 is 1.52 bits per heavy atom. The molecule has 9 heteroatoms. The lowest BCUT2D eigenvalue weighted by Gasteiger charge is -2.06. The first-order valence-corrected chi connectivity index (χ1v) is 11.1. The first-order chi connectivity index (χ1) is 9.77. The van der Waals surface area contributed by atoms with Gasteiger partial charge in [-0.2, -0.15) is 0 Å². The van der Waals surface area contributed by atoms with Gasteiger partial charge in [0.05, 0.1) is 32.8 Å². The van der Waals surface area contributed by atoms with Crippen LogP contribution in [-0.4, -0.2) is 0 Å². The van der Waals surface area contributed by atoms with Crippen molar-refractivity contribution < 1.29 is 4.42 Å². The number of halogens is 8. The van der Waals surface area contributed by atoms with Gasteiger partial charge >= 0.3 is 0 Å². The minimum Gasteiger partial charge on any atom is -0.453 e. The van der Waals surface area contributed by atoms with E-state index in [-0.39, 0.29) is 0 Å². The highest BCUT2D eigenvalue weighted by molar-refractivity contribution is 9.15. The molecule has 0 aliphatic heterocycles. The molecule has 1 aromatic heterocycles. The molecule has 0 aliphatic carbocycles. The topological polar surface area (TPSA) is 13.1 Å². The molecule has 0 bridgehead atoms. The Kier molecular flexibility index (Phi) is 5.32. The van der Waals surface area contributed by atoms with Crippen LogP contribution >= 0.6 is 123 Å². The van der Waals surface area contributed by atoms with E-state index in [0.29, 0.717) is 16.2 Å². The van der Waals surface area contributed by atoms with Crippen LogP contribution in [0.5, 0.6) is 0 Å². The molecule has 3 rings (SSSR count). The highest BCUT2D eigenvalue weighted by Crippen LogP contribution is 2.52. The van der Waals surface area contributed by atoms with Crippen LogP contribution in [0.1, 0.15) is 0 Å². The minimum atomic E-state index is 0.584. The average molecular weight is 755 g/mol. The van der Waals surface area contributed by atoms with Crippen molar-refractivity contribution in [3.8, 4) is 0 Å². The van der Waals surface area contributed by atoms with Crippen molar-refractivity contribution in [3.05, 3.63) is 36.3 Å². The van der Waals surface area contributed by atoms with Crippen LogP contribution in [0.2, 0.25) is 5.02 Å². The van der Waals surface area contributed by atoms with E-state index in [1.165, 1.54) is 0 Å². The van der Waals surface area contributed by atoms with Gasteiger partial charge in [0.25, 0.3) is 0 Å². The molecule has 21 heavy (non-hydrogen) atoms. The van der Waals surface area contributed by atoms with E-state index in [0.717, 1.165) is 42.1 Å². The second-order valence-electron chi connectivity index (χ2n) is 4.02. The van der Waals surface area contributed by atoms with Gasteiger partial charge in [-0.1, -0.05) is 11.6 Å². The summed E-state index contributed by atoms with van der Waals surface area (Å²) in [5.41, 5.74) is 1.39. The van der Waals surface area contributed by atoms with Crippen LogP contribution in [0.15, 0.2) is 35.7 Å². The summed E-state index contributed by atoms with van der Waals surface area (Å²) in [7, 11) is 0. The largest absolute Gasteiger partial charge is 0.453 e. The van der Waals surface area contributed by atoms with Crippen molar-refractivity contribution >= 4 is 145 Å². The summed E-state index contributed by atoms with van der Waals surface area (Å²) in [5.74, 6) is 0. The summed E-state index contributed by atoms with van der Waals surface area (Å²) in [5, 5.41) is 2.31. The molecule has 2 aromatic carbocycles. The Bertz CT molecular complexity index is 857. The summed E-state index contributed by atoms with van der Waals surface area (Å²) in [6.07, 6.45) is 0. The number of rotatable bonds is 0. The fourth-order valence-electron chi connectivity index (χ4n) is 1.96. The van der Waals surface area contributed by atoms with E-state index < -0.39 is 0 Å². The summed E-state index contributed by atoms with van der Waals surface area (Å²) < 4.78 is 11.9. The molecule has 3 aromatic rings. The van der Waals surface area contributed by atoms with E-state index in [4.69, 9.17) is 16.0 Å². The van der Waals surface area contributed by atoms with Gasteiger partial charge in [-0.05, 0) is 112 Å². The maximum atomic E-state index is 6.52. The number of hydrogen-bond donors (Lipinski definition) is 0. The molecule has 0 saturated carbocycles. The molecule has 0 unspecified atom stereocenters. The molecule has 110 valence electrons. The molecule has 0 spiro atoms. The molecule has 1 heterocycles. The number of hydrogen-bond acceptors (Lipinski definition) is 1. The van der Waals surface area contributed by atoms with Crippen molar-refractivity contribution in [1.29, 1.82) is 0 Å². The summed E-state index contributed by atoms with van der Waals surface area (Å²) in [6, 6.07) is 0. The van der Waals surface area contributed by atoms with Crippen LogP contribution in [0.4, 0.5) is 0 Å². The fraction of sp³-hybridized carbons (Fsp3) is 0. The van der Waals surface area contributed by atoms with Gasteiger partial charge < -0.3 is 4.42 Å². The smallest absolute Gasteiger partial charge is 0.152 e. The molecule has 1 nitrogen and oxygen atoms in total. The third-order valence-electron chi connectivity index (χ3n) is 2.90. The SMILES string of the molecule is Clc1c(Br)c(Br)c(Br)c2oc3c(Br)c(Br)c(Br)c(Br)c3c12. The lowest BCUT2D eigenvalue weighted by molar-refractivity contribution is 0.663. The highest BCUT2D eigenvalue weighted by atomic mass is 79.9. The average Bonchev–Trinajstić information content (AvgIpc) is 2.87.